The molecule has 0 aliphatic rings. The minimum absolute atomic E-state index is 0.122. The Morgan fingerprint density at radius 1 is 1.28 bits per heavy atom. The molecule has 106 valence electrons. The van der Waals surface area contributed by atoms with E-state index in [2.05, 4.69) is 23.7 Å². The average molecular weight is 256 g/mol. The summed E-state index contributed by atoms with van der Waals surface area (Å²) >= 11 is 0. The van der Waals surface area contributed by atoms with Crippen molar-refractivity contribution < 1.29 is 4.79 Å². The fourth-order valence-corrected chi connectivity index (χ4v) is 1.42. The van der Waals surface area contributed by atoms with Crippen LogP contribution in [-0.2, 0) is 4.79 Å². The lowest BCUT2D eigenvalue weighted by Crippen LogP contribution is -2.40. The number of nitrogens with two attached hydrogens (primary N) is 2. The maximum Gasteiger partial charge on any atom is 0.185 e. The molecular weight excluding hydrogens is 228 g/mol. The number of hydrogen-bond donors (Lipinski definition) is 2. The van der Waals surface area contributed by atoms with Crippen molar-refractivity contribution in [1.29, 1.82) is 0 Å². The third kappa shape index (κ3) is 7.27. The SMILES string of the molecule is CC(C)N(CCCN=C(N)N)CC(=O)C(C)(C)C. The number of guanidine groups is 1. The van der Waals surface area contributed by atoms with Crippen molar-refractivity contribution in [2.75, 3.05) is 19.6 Å². The van der Waals surface area contributed by atoms with Gasteiger partial charge in [-0.15, -0.1) is 0 Å². The molecule has 0 saturated carbocycles. The van der Waals surface area contributed by atoms with Crippen molar-refractivity contribution in [1.82, 2.24) is 4.90 Å². The highest BCUT2D eigenvalue weighted by Gasteiger charge is 2.24. The second-order valence-corrected chi connectivity index (χ2v) is 5.90. The van der Waals surface area contributed by atoms with E-state index in [0.717, 1.165) is 13.0 Å². The fourth-order valence-electron chi connectivity index (χ4n) is 1.42. The number of hydrogen-bond acceptors (Lipinski definition) is 3. The zero-order valence-electron chi connectivity index (χ0n) is 12.4. The van der Waals surface area contributed by atoms with Crippen LogP contribution in [0.2, 0.25) is 0 Å². The average Bonchev–Trinajstić information content (AvgIpc) is 2.19. The molecule has 5 nitrogen and oxygen atoms in total. The molecule has 0 unspecified atom stereocenters. The lowest BCUT2D eigenvalue weighted by atomic mass is 9.90. The Bertz CT molecular complexity index is 288. The predicted molar refractivity (Wildman–Crippen MR) is 76.5 cm³/mol. The molecule has 0 rings (SSSR count). The van der Waals surface area contributed by atoms with Crippen LogP contribution in [0.3, 0.4) is 0 Å². The number of rotatable bonds is 7. The zero-order valence-corrected chi connectivity index (χ0v) is 12.4. The van der Waals surface area contributed by atoms with Crippen LogP contribution < -0.4 is 11.5 Å². The summed E-state index contributed by atoms with van der Waals surface area (Å²) in [6, 6.07) is 0.343. The van der Waals surface area contributed by atoms with Crippen LogP contribution in [0.25, 0.3) is 0 Å². The number of carbonyl (C=O) groups is 1. The van der Waals surface area contributed by atoms with Crippen LogP contribution in [0, 0.1) is 5.41 Å². The van der Waals surface area contributed by atoms with E-state index in [1.54, 1.807) is 0 Å². The smallest absolute Gasteiger partial charge is 0.185 e. The lowest BCUT2D eigenvalue weighted by molar-refractivity contribution is -0.127. The number of Topliss-reactive ketones (excluding diaryl/α,β-unsaturated/α-hetero) is 1. The van der Waals surface area contributed by atoms with Gasteiger partial charge in [0.15, 0.2) is 11.7 Å². The maximum atomic E-state index is 12.0. The van der Waals surface area contributed by atoms with Gasteiger partial charge in [0.05, 0.1) is 6.54 Å². The Labute approximate surface area is 111 Å². The van der Waals surface area contributed by atoms with Crippen LogP contribution in [0.15, 0.2) is 4.99 Å². The highest BCUT2D eigenvalue weighted by Crippen LogP contribution is 2.16. The van der Waals surface area contributed by atoms with Crippen LogP contribution in [-0.4, -0.2) is 42.3 Å². The van der Waals surface area contributed by atoms with E-state index >= 15 is 0 Å². The summed E-state index contributed by atoms with van der Waals surface area (Å²) in [6.07, 6.45) is 0.855. The molecule has 0 aliphatic carbocycles. The Hall–Kier alpha value is -1.10. The largest absolute Gasteiger partial charge is 0.370 e. The monoisotopic (exact) mass is 256 g/mol. The number of carbonyl (C=O) groups excluding carboxylic acids is 1. The molecule has 0 aromatic rings. The topological polar surface area (TPSA) is 84.7 Å². The Balaban J connectivity index is 4.25. The first kappa shape index (κ1) is 16.9. The molecule has 0 aromatic carbocycles. The molecule has 0 aliphatic heterocycles. The van der Waals surface area contributed by atoms with Gasteiger partial charge < -0.3 is 11.5 Å². The molecule has 0 fully saturated rings. The van der Waals surface area contributed by atoms with Crippen LogP contribution in [0.1, 0.15) is 41.0 Å². The molecule has 0 saturated heterocycles. The van der Waals surface area contributed by atoms with Gasteiger partial charge in [0.2, 0.25) is 0 Å². The van der Waals surface area contributed by atoms with Gasteiger partial charge >= 0.3 is 0 Å². The van der Waals surface area contributed by atoms with Gasteiger partial charge in [0.25, 0.3) is 0 Å². The zero-order chi connectivity index (χ0) is 14.3. The van der Waals surface area contributed by atoms with E-state index < -0.39 is 0 Å². The van der Waals surface area contributed by atoms with E-state index in [1.165, 1.54) is 0 Å². The summed E-state index contributed by atoms with van der Waals surface area (Å²) in [7, 11) is 0. The minimum atomic E-state index is -0.285. The normalized spacial score (nSPS) is 11.9. The molecule has 0 heterocycles. The van der Waals surface area contributed by atoms with Crippen molar-refractivity contribution in [3.8, 4) is 0 Å². The molecule has 0 radical (unpaired) electrons. The summed E-state index contributed by atoms with van der Waals surface area (Å²) in [5, 5.41) is 0. The van der Waals surface area contributed by atoms with Gasteiger partial charge in [-0.1, -0.05) is 20.8 Å². The van der Waals surface area contributed by atoms with Gasteiger partial charge in [0.1, 0.15) is 0 Å². The minimum Gasteiger partial charge on any atom is -0.370 e. The molecule has 18 heavy (non-hydrogen) atoms. The predicted octanol–water partition coefficient (Wildman–Crippen LogP) is 0.976. The maximum absolute atomic E-state index is 12.0. The van der Waals surface area contributed by atoms with Gasteiger partial charge in [-0.3, -0.25) is 14.7 Å². The quantitative estimate of drug-likeness (QED) is 0.404. The first-order valence-electron chi connectivity index (χ1n) is 6.47. The Kier molecular flexibility index (Phi) is 6.91. The summed E-state index contributed by atoms with van der Waals surface area (Å²) in [4.78, 5) is 18.1. The van der Waals surface area contributed by atoms with Crippen molar-refractivity contribution in [3.05, 3.63) is 0 Å². The second kappa shape index (κ2) is 7.36. The second-order valence-electron chi connectivity index (χ2n) is 5.90. The number of ketones is 1. The van der Waals surface area contributed by atoms with E-state index in [-0.39, 0.29) is 17.2 Å². The molecule has 4 N–H and O–H groups in total. The first-order valence-corrected chi connectivity index (χ1v) is 6.47. The van der Waals surface area contributed by atoms with Crippen LogP contribution >= 0.6 is 0 Å². The molecule has 0 bridgehead atoms. The van der Waals surface area contributed by atoms with Gasteiger partial charge in [0, 0.05) is 24.5 Å². The van der Waals surface area contributed by atoms with Gasteiger partial charge in [-0.05, 0) is 20.3 Å². The molecule has 0 aromatic heterocycles. The van der Waals surface area contributed by atoms with Crippen LogP contribution in [0.4, 0.5) is 0 Å². The van der Waals surface area contributed by atoms with Crippen LogP contribution in [0.5, 0.6) is 0 Å². The number of aliphatic imine (C=N–C) groups is 1. The molecule has 0 atom stereocenters. The number of nitrogens with zero attached hydrogens (tertiary/aromatic N) is 2. The highest BCUT2D eigenvalue weighted by atomic mass is 16.1. The molecule has 0 amide bonds. The van der Waals surface area contributed by atoms with Crippen molar-refractivity contribution >= 4 is 11.7 Å². The molecular formula is C13H28N4O. The van der Waals surface area contributed by atoms with E-state index in [0.29, 0.717) is 19.1 Å². The first-order chi connectivity index (χ1) is 8.14. The summed E-state index contributed by atoms with van der Waals surface area (Å²) in [6.45, 7) is 12.0. The molecule has 0 spiro atoms. The fraction of sp³-hybridized carbons (Fsp3) is 0.846. The van der Waals surface area contributed by atoms with E-state index in [1.807, 2.05) is 20.8 Å². The van der Waals surface area contributed by atoms with E-state index in [9.17, 15) is 4.79 Å². The van der Waals surface area contributed by atoms with Gasteiger partial charge in [-0.25, -0.2) is 0 Å². The standard InChI is InChI=1S/C13H28N4O/c1-10(2)17(8-6-7-16-12(14)15)9-11(18)13(3,4)5/h10H,6-9H2,1-5H3,(H4,14,15,16). The highest BCUT2D eigenvalue weighted by molar-refractivity contribution is 5.85. The third-order valence-corrected chi connectivity index (χ3v) is 2.81. The molecule has 5 heteroatoms. The van der Waals surface area contributed by atoms with Crippen molar-refractivity contribution in [2.24, 2.45) is 21.9 Å². The summed E-state index contributed by atoms with van der Waals surface area (Å²) in [5.41, 5.74) is 10.2. The third-order valence-electron chi connectivity index (χ3n) is 2.81. The Morgan fingerprint density at radius 3 is 2.22 bits per heavy atom. The van der Waals surface area contributed by atoms with Gasteiger partial charge in [-0.2, -0.15) is 0 Å². The lowest BCUT2D eigenvalue weighted by Gasteiger charge is -2.28. The Morgan fingerprint density at radius 2 is 1.83 bits per heavy atom. The van der Waals surface area contributed by atoms with Crippen molar-refractivity contribution in [2.45, 2.75) is 47.1 Å². The summed E-state index contributed by atoms with van der Waals surface area (Å²) in [5.74, 6) is 0.384. The van der Waals surface area contributed by atoms with Crippen molar-refractivity contribution in [3.63, 3.8) is 0 Å². The summed E-state index contributed by atoms with van der Waals surface area (Å²) < 4.78 is 0. The van der Waals surface area contributed by atoms with E-state index in [4.69, 9.17) is 11.5 Å².